The smallest absolute Gasteiger partial charge is 0.420 e. The average molecular weight is 518 g/mol. The van der Waals surface area contributed by atoms with Crippen LogP contribution in [0.25, 0.3) is 0 Å². The van der Waals surface area contributed by atoms with Gasteiger partial charge in [0.15, 0.2) is 0 Å². The van der Waals surface area contributed by atoms with Gasteiger partial charge in [0.05, 0.1) is 10.2 Å². The second-order valence-electron chi connectivity index (χ2n) is 8.59. The Kier molecular flexibility index (Phi) is 7.16. The molecule has 2 aromatic carbocycles. The van der Waals surface area contributed by atoms with Crippen LogP contribution in [-0.2, 0) is 4.74 Å². The Hall–Kier alpha value is -2.57. The number of amides is 1. The molecule has 5 nitrogen and oxygen atoms in total. The lowest BCUT2D eigenvalue weighted by atomic mass is 10.1. The van der Waals surface area contributed by atoms with E-state index in [-0.39, 0.29) is 0 Å². The van der Waals surface area contributed by atoms with E-state index >= 15 is 0 Å². The summed E-state index contributed by atoms with van der Waals surface area (Å²) in [5, 5.41) is 0.566. The van der Waals surface area contributed by atoms with Gasteiger partial charge in [0, 0.05) is 17.3 Å². The van der Waals surface area contributed by atoms with Crippen molar-refractivity contribution in [2.24, 2.45) is 0 Å². The summed E-state index contributed by atoms with van der Waals surface area (Å²) < 4.78 is 12.6. The van der Waals surface area contributed by atoms with Gasteiger partial charge < -0.3 is 9.47 Å². The minimum absolute atomic E-state index is 0.363. The second kappa shape index (κ2) is 9.51. The maximum Gasteiger partial charge on any atom is 0.420 e. The predicted octanol–water partition coefficient (Wildman–Crippen LogP) is 8.29. The van der Waals surface area contributed by atoms with E-state index in [4.69, 9.17) is 21.1 Å². The molecule has 0 spiro atoms. The van der Waals surface area contributed by atoms with Gasteiger partial charge in [0.1, 0.15) is 22.9 Å². The number of aryl methyl sites for hydroxylation is 3. The Morgan fingerprint density at radius 3 is 2.19 bits per heavy atom. The molecule has 0 bridgehead atoms. The molecule has 0 N–H and O–H groups in total. The monoisotopic (exact) mass is 516 g/mol. The highest BCUT2D eigenvalue weighted by molar-refractivity contribution is 9.10. The normalized spacial score (nSPS) is 11.2. The lowest BCUT2D eigenvalue weighted by Gasteiger charge is -2.27. The minimum atomic E-state index is -0.674. The van der Waals surface area contributed by atoms with Gasteiger partial charge in [-0.25, -0.2) is 14.7 Å². The number of pyridine rings is 1. The maximum absolute atomic E-state index is 13.1. The number of carbonyl (C=O) groups excluding carboxylic acids is 1. The first-order valence-electron chi connectivity index (χ1n) is 10.1. The summed E-state index contributed by atoms with van der Waals surface area (Å²) in [5.74, 6) is 1.67. The molecule has 7 heteroatoms. The van der Waals surface area contributed by atoms with Gasteiger partial charge in [0.2, 0.25) is 0 Å². The van der Waals surface area contributed by atoms with Gasteiger partial charge in [-0.2, -0.15) is 0 Å². The highest BCUT2D eigenvalue weighted by Crippen LogP contribution is 2.37. The third-order valence-corrected chi connectivity index (χ3v) is 5.36. The fraction of sp³-hybridized carbons (Fsp3) is 0.280. The van der Waals surface area contributed by atoms with Crippen molar-refractivity contribution in [2.75, 3.05) is 4.90 Å². The zero-order chi connectivity index (χ0) is 23.6. The van der Waals surface area contributed by atoms with Crippen LogP contribution in [0.3, 0.4) is 0 Å². The number of hydrogen-bond acceptors (Lipinski definition) is 4. The SMILES string of the molecule is Cc1cc(C)c(Oc2cc(N(C(=O)OC(C)(C)C)c3ccc(Cl)cc3)ncc2Br)c(C)c1. The number of anilines is 2. The lowest BCUT2D eigenvalue weighted by molar-refractivity contribution is 0.0598. The van der Waals surface area contributed by atoms with E-state index in [0.717, 1.165) is 16.9 Å². The number of benzene rings is 2. The van der Waals surface area contributed by atoms with Crippen LogP contribution >= 0.6 is 27.5 Å². The van der Waals surface area contributed by atoms with Crippen LogP contribution in [0.15, 0.2) is 53.1 Å². The topological polar surface area (TPSA) is 51.7 Å². The molecule has 0 saturated heterocycles. The molecular formula is C25H26BrClN2O3. The third kappa shape index (κ3) is 5.81. The summed E-state index contributed by atoms with van der Waals surface area (Å²) >= 11 is 9.56. The van der Waals surface area contributed by atoms with Crippen LogP contribution in [0, 0.1) is 20.8 Å². The number of ether oxygens (including phenoxy) is 2. The Morgan fingerprint density at radius 1 is 1.03 bits per heavy atom. The van der Waals surface area contributed by atoms with E-state index in [1.807, 2.05) is 34.6 Å². The molecule has 32 heavy (non-hydrogen) atoms. The highest BCUT2D eigenvalue weighted by Gasteiger charge is 2.27. The molecule has 0 atom stereocenters. The second-order valence-corrected chi connectivity index (χ2v) is 9.89. The van der Waals surface area contributed by atoms with Crippen molar-refractivity contribution in [2.45, 2.75) is 47.1 Å². The van der Waals surface area contributed by atoms with E-state index in [1.54, 1.807) is 36.5 Å². The highest BCUT2D eigenvalue weighted by atomic mass is 79.9. The number of halogens is 2. The molecule has 1 amide bonds. The summed E-state index contributed by atoms with van der Waals surface area (Å²) in [6, 6.07) is 12.8. The zero-order valence-corrected chi connectivity index (χ0v) is 21.3. The third-order valence-electron chi connectivity index (χ3n) is 4.51. The Balaban J connectivity index is 2.06. The van der Waals surface area contributed by atoms with Crippen molar-refractivity contribution >= 4 is 45.1 Å². The maximum atomic E-state index is 13.1. The summed E-state index contributed by atoms with van der Waals surface area (Å²) in [6.45, 7) is 11.5. The standard InChI is InChI=1S/C25H26BrClN2O3/c1-15-11-16(2)23(17(3)12-15)31-21-13-22(28-14-20(21)26)29(24(30)32-25(4,5)6)19-9-7-18(27)8-10-19/h7-14H,1-6H3. The van der Waals surface area contributed by atoms with Gasteiger partial charge in [-0.15, -0.1) is 0 Å². The molecule has 3 rings (SSSR count). The van der Waals surface area contributed by atoms with Crippen molar-refractivity contribution in [3.8, 4) is 11.5 Å². The molecule has 0 aliphatic rings. The first kappa shape index (κ1) is 24.1. The molecule has 3 aromatic rings. The molecule has 0 fully saturated rings. The number of hydrogen-bond donors (Lipinski definition) is 0. The molecular weight excluding hydrogens is 492 g/mol. The summed E-state index contributed by atoms with van der Waals surface area (Å²) in [6.07, 6.45) is 1.06. The molecule has 0 unspecified atom stereocenters. The van der Waals surface area contributed by atoms with E-state index in [9.17, 15) is 4.79 Å². The van der Waals surface area contributed by atoms with Crippen molar-refractivity contribution in [1.29, 1.82) is 0 Å². The first-order valence-corrected chi connectivity index (χ1v) is 11.3. The molecule has 168 valence electrons. The van der Waals surface area contributed by atoms with Gasteiger partial charge in [-0.3, -0.25) is 0 Å². The van der Waals surface area contributed by atoms with Crippen LogP contribution in [-0.4, -0.2) is 16.7 Å². The Bertz CT molecular complexity index is 1120. The van der Waals surface area contributed by atoms with E-state index < -0.39 is 11.7 Å². The number of carbonyl (C=O) groups is 1. The van der Waals surface area contributed by atoms with E-state index in [1.165, 1.54) is 10.5 Å². The van der Waals surface area contributed by atoms with Crippen molar-refractivity contribution < 1.29 is 14.3 Å². The van der Waals surface area contributed by atoms with E-state index in [0.29, 0.717) is 26.8 Å². The quantitative estimate of drug-likeness (QED) is 0.349. The van der Waals surface area contributed by atoms with Gasteiger partial charge in [0.25, 0.3) is 0 Å². The van der Waals surface area contributed by atoms with Crippen molar-refractivity contribution in [1.82, 2.24) is 4.98 Å². The van der Waals surface area contributed by atoms with Crippen LogP contribution < -0.4 is 9.64 Å². The number of nitrogens with zero attached hydrogens (tertiary/aromatic N) is 2. The lowest BCUT2D eigenvalue weighted by Crippen LogP contribution is -2.34. The number of rotatable bonds is 4. The van der Waals surface area contributed by atoms with Gasteiger partial charge in [-0.1, -0.05) is 29.3 Å². The van der Waals surface area contributed by atoms with E-state index in [2.05, 4.69) is 40.0 Å². The van der Waals surface area contributed by atoms with Crippen LogP contribution in [0.2, 0.25) is 5.02 Å². The first-order chi connectivity index (χ1) is 14.9. The van der Waals surface area contributed by atoms with Crippen molar-refractivity contribution in [3.05, 3.63) is 74.8 Å². The summed E-state index contributed by atoms with van der Waals surface area (Å²) in [5.41, 5.74) is 3.11. The predicted molar refractivity (Wildman–Crippen MR) is 132 cm³/mol. The molecule has 0 radical (unpaired) electrons. The fourth-order valence-corrected chi connectivity index (χ4v) is 3.70. The zero-order valence-electron chi connectivity index (χ0n) is 19.0. The Morgan fingerprint density at radius 2 is 1.62 bits per heavy atom. The summed E-state index contributed by atoms with van der Waals surface area (Å²) in [4.78, 5) is 19.0. The molecule has 0 aliphatic heterocycles. The average Bonchev–Trinajstić information content (AvgIpc) is 2.67. The fourth-order valence-electron chi connectivity index (χ4n) is 3.28. The largest absolute Gasteiger partial charge is 0.455 e. The van der Waals surface area contributed by atoms with Gasteiger partial charge >= 0.3 is 6.09 Å². The van der Waals surface area contributed by atoms with Gasteiger partial charge in [-0.05, 0) is 92.9 Å². The molecule has 1 heterocycles. The Labute approximate surface area is 202 Å². The van der Waals surface area contributed by atoms with Crippen LogP contribution in [0.5, 0.6) is 11.5 Å². The van der Waals surface area contributed by atoms with Crippen molar-refractivity contribution in [3.63, 3.8) is 0 Å². The summed E-state index contributed by atoms with van der Waals surface area (Å²) in [7, 11) is 0. The molecule has 1 aromatic heterocycles. The van der Waals surface area contributed by atoms with Crippen LogP contribution in [0.4, 0.5) is 16.3 Å². The minimum Gasteiger partial charge on any atom is -0.455 e. The molecule has 0 saturated carbocycles. The number of aromatic nitrogens is 1. The molecule has 0 aliphatic carbocycles. The van der Waals surface area contributed by atoms with Crippen LogP contribution in [0.1, 0.15) is 37.5 Å².